The van der Waals surface area contributed by atoms with Crippen molar-refractivity contribution in [1.29, 1.82) is 0 Å². The summed E-state index contributed by atoms with van der Waals surface area (Å²) in [7, 11) is 1.73. The van der Waals surface area contributed by atoms with E-state index in [0.29, 0.717) is 24.9 Å². The molecular formula is C20H28IN7O. The fourth-order valence-electron chi connectivity index (χ4n) is 2.59. The van der Waals surface area contributed by atoms with E-state index in [1.165, 1.54) is 0 Å². The number of aliphatic imine (C=N–C) groups is 1. The molecular weight excluding hydrogens is 481 g/mol. The van der Waals surface area contributed by atoms with Crippen LogP contribution in [0.15, 0.2) is 46.3 Å². The first-order valence-corrected chi connectivity index (χ1v) is 9.22. The molecule has 0 atom stereocenters. The Bertz CT molecular complexity index is 938. The molecule has 0 aliphatic carbocycles. The zero-order valence-corrected chi connectivity index (χ0v) is 19.8. The number of hydrogen-bond donors (Lipinski definition) is 2. The molecule has 0 unspecified atom stereocenters. The normalized spacial score (nSPS) is 11.8. The maximum atomic E-state index is 5.79. The Morgan fingerprint density at radius 3 is 2.41 bits per heavy atom. The minimum Gasteiger partial charge on any atom is -0.443 e. The number of rotatable bonds is 5. The molecule has 3 rings (SSSR count). The number of oxazole rings is 1. The van der Waals surface area contributed by atoms with Gasteiger partial charge < -0.3 is 15.1 Å². The lowest BCUT2D eigenvalue weighted by Gasteiger charge is -2.13. The smallest absolute Gasteiger partial charge is 0.213 e. The molecule has 0 aliphatic heterocycles. The number of nitrogens with zero attached hydrogens (tertiary/aromatic N) is 5. The number of hydrogen-bond acceptors (Lipinski definition) is 5. The number of nitrogens with one attached hydrogen (secondary N) is 2. The highest BCUT2D eigenvalue weighted by molar-refractivity contribution is 14.0. The molecule has 29 heavy (non-hydrogen) atoms. The van der Waals surface area contributed by atoms with Crippen LogP contribution in [0, 0.1) is 6.92 Å². The minimum atomic E-state index is -0.0560. The SMILES string of the molecule is CN=C(NCc1ccc(-n2ccnc2C)nc1)NCc1ncc(C(C)(C)C)o1.I. The van der Waals surface area contributed by atoms with Crippen LogP contribution in [-0.2, 0) is 18.5 Å². The highest BCUT2D eigenvalue weighted by atomic mass is 127. The summed E-state index contributed by atoms with van der Waals surface area (Å²) >= 11 is 0. The van der Waals surface area contributed by atoms with E-state index in [-0.39, 0.29) is 29.4 Å². The largest absolute Gasteiger partial charge is 0.443 e. The van der Waals surface area contributed by atoms with Gasteiger partial charge in [0.25, 0.3) is 0 Å². The standard InChI is InChI=1S/C20H27N7O.HI/c1-14-22-8-9-27(14)17-7-6-15(10-23-17)11-25-19(21-5)26-13-18-24-12-16(28-18)20(2,3)4;/h6-10,12H,11,13H2,1-5H3,(H2,21,25,26);1H. The third kappa shape index (κ3) is 6.02. The average Bonchev–Trinajstić information content (AvgIpc) is 3.31. The number of halogens is 1. The van der Waals surface area contributed by atoms with Crippen molar-refractivity contribution in [2.45, 2.75) is 46.2 Å². The number of aromatic nitrogens is 4. The van der Waals surface area contributed by atoms with Crippen molar-refractivity contribution in [3.63, 3.8) is 0 Å². The van der Waals surface area contributed by atoms with Gasteiger partial charge in [-0.25, -0.2) is 15.0 Å². The van der Waals surface area contributed by atoms with Crippen LogP contribution in [0.2, 0.25) is 0 Å². The molecule has 3 aromatic rings. The number of pyridine rings is 1. The van der Waals surface area contributed by atoms with Gasteiger partial charge in [-0.15, -0.1) is 24.0 Å². The Morgan fingerprint density at radius 1 is 1.10 bits per heavy atom. The van der Waals surface area contributed by atoms with Gasteiger partial charge in [-0.05, 0) is 18.6 Å². The fourth-order valence-corrected chi connectivity index (χ4v) is 2.59. The van der Waals surface area contributed by atoms with Crippen LogP contribution >= 0.6 is 24.0 Å². The molecule has 0 aromatic carbocycles. The van der Waals surface area contributed by atoms with Crippen molar-refractivity contribution in [1.82, 2.24) is 30.2 Å². The van der Waals surface area contributed by atoms with E-state index in [4.69, 9.17) is 4.42 Å². The summed E-state index contributed by atoms with van der Waals surface area (Å²) in [6.45, 7) is 9.31. The second-order valence-electron chi connectivity index (χ2n) is 7.52. The zero-order chi connectivity index (χ0) is 20.1. The Morgan fingerprint density at radius 2 is 1.86 bits per heavy atom. The molecule has 3 heterocycles. The van der Waals surface area contributed by atoms with Gasteiger partial charge in [0.15, 0.2) is 5.96 Å². The minimum absolute atomic E-state index is 0. The van der Waals surface area contributed by atoms with Crippen molar-refractivity contribution < 1.29 is 4.42 Å². The van der Waals surface area contributed by atoms with Crippen LogP contribution in [0.4, 0.5) is 0 Å². The Hall–Kier alpha value is -2.43. The van der Waals surface area contributed by atoms with Gasteiger partial charge in [0, 0.05) is 37.6 Å². The van der Waals surface area contributed by atoms with E-state index in [1.807, 2.05) is 36.0 Å². The van der Waals surface area contributed by atoms with Gasteiger partial charge in [0.05, 0.1) is 12.7 Å². The predicted octanol–water partition coefficient (Wildman–Crippen LogP) is 3.34. The van der Waals surface area contributed by atoms with Gasteiger partial charge in [-0.1, -0.05) is 26.8 Å². The topological polar surface area (TPSA) is 93.2 Å². The van der Waals surface area contributed by atoms with Crippen LogP contribution in [0.5, 0.6) is 0 Å². The van der Waals surface area contributed by atoms with Gasteiger partial charge >= 0.3 is 0 Å². The van der Waals surface area contributed by atoms with Gasteiger partial charge in [0.2, 0.25) is 5.89 Å². The van der Waals surface area contributed by atoms with E-state index < -0.39 is 0 Å². The second-order valence-corrected chi connectivity index (χ2v) is 7.52. The molecule has 8 nitrogen and oxygen atoms in total. The second kappa shape index (κ2) is 9.86. The molecule has 0 amide bonds. The summed E-state index contributed by atoms with van der Waals surface area (Å²) in [4.78, 5) is 17.3. The summed E-state index contributed by atoms with van der Waals surface area (Å²) < 4.78 is 7.73. The summed E-state index contributed by atoms with van der Waals surface area (Å²) in [5.74, 6) is 3.93. The quantitative estimate of drug-likeness (QED) is 0.312. The van der Waals surface area contributed by atoms with Crippen molar-refractivity contribution in [2.24, 2.45) is 4.99 Å². The monoisotopic (exact) mass is 509 g/mol. The summed E-state index contributed by atoms with van der Waals surface area (Å²) in [6, 6.07) is 4.01. The Balaban J connectivity index is 0.00000300. The Kier molecular flexibility index (Phi) is 7.77. The lowest BCUT2D eigenvalue weighted by molar-refractivity contribution is 0.379. The maximum Gasteiger partial charge on any atom is 0.213 e. The number of imidazole rings is 1. The fraction of sp³-hybridized carbons (Fsp3) is 0.400. The highest BCUT2D eigenvalue weighted by Crippen LogP contribution is 2.22. The van der Waals surface area contributed by atoms with Gasteiger partial charge in [0.1, 0.15) is 17.4 Å². The van der Waals surface area contributed by atoms with E-state index >= 15 is 0 Å². The van der Waals surface area contributed by atoms with Crippen LogP contribution in [-0.4, -0.2) is 32.5 Å². The summed E-state index contributed by atoms with van der Waals surface area (Å²) in [5.41, 5.74) is 0.996. The first-order chi connectivity index (χ1) is 13.4. The van der Waals surface area contributed by atoms with Gasteiger partial charge in [-0.2, -0.15) is 0 Å². The van der Waals surface area contributed by atoms with Crippen LogP contribution in [0.3, 0.4) is 0 Å². The highest BCUT2D eigenvalue weighted by Gasteiger charge is 2.19. The van der Waals surface area contributed by atoms with Crippen molar-refractivity contribution in [3.05, 3.63) is 60.0 Å². The Labute approximate surface area is 188 Å². The van der Waals surface area contributed by atoms with E-state index in [1.54, 1.807) is 19.4 Å². The third-order valence-electron chi connectivity index (χ3n) is 4.27. The molecule has 0 saturated heterocycles. The lowest BCUT2D eigenvalue weighted by Crippen LogP contribution is -2.36. The molecule has 156 valence electrons. The zero-order valence-electron chi connectivity index (χ0n) is 17.4. The third-order valence-corrected chi connectivity index (χ3v) is 4.27. The molecule has 2 N–H and O–H groups in total. The summed E-state index contributed by atoms with van der Waals surface area (Å²) in [6.07, 6.45) is 7.29. The first-order valence-electron chi connectivity index (χ1n) is 9.22. The van der Waals surface area contributed by atoms with Crippen molar-refractivity contribution >= 4 is 29.9 Å². The van der Waals surface area contributed by atoms with Crippen LogP contribution in [0.1, 0.15) is 43.8 Å². The van der Waals surface area contributed by atoms with E-state index in [0.717, 1.165) is 23.0 Å². The molecule has 0 radical (unpaired) electrons. The average molecular weight is 509 g/mol. The number of aryl methyl sites for hydroxylation is 1. The molecule has 0 saturated carbocycles. The van der Waals surface area contributed by atoms with Crippen LogP contribution in [0.25, 0.3) is 5.82 Å². The van der Waals surface area contributed by atoms with Crippen molar-refractivity contribution in [2.75, 3.05) is 7.05 Å². The molecule has 0 spiro atoms. The van der Waals surface area contributed by atoms with Gasteiger partial charge in [-0.3, -0.25) is 9.56 Å². The van der Waals surface area contributed by atoms with E-state index in [2.05, 4.69) is 51.3 Å². The molecule has 0 fully saturated rings. The molecule has 9 heteroatoms. The number of guanidine groups is 1. The molecule has 0 aliphatic rings. The van der Waals surface area contributed by atoms with Crippen LogP contribution < -0.4 is 10.6 Å². The van der Waals surface area contributed by atoms with Crippen molar-refractivity contribution in [3.8, 4) is 5.82 Å². The lowest BCUT2D eigenvalue weighted by atomic mass is 9.94. The first kappa shape index (κ1) is 22.9. The molecule has 3 aromatic heterocycles. The molecule has 0 bridgehead atoms. The van der Waals surface area contributed by atoms with E-state index in [9.17, 15) is 0 Å². The summed E-state index contributed by atoms with van der Waals surface area (Å²) in [5, 5.41) is 6.48. The maximum absolute atomic E-state index is 5.79. The predicted molar refractivity (Wildman–Crippen MR) is 124 cm³/mol.